The molecule has 0 aliphatic carbocycles. The van der Waals surface area contributed by atoms with Crippen LogP contribution >= 0.6 is 22.6 Å². The molecule has 1 atom stereocenters. The minimum atomic E-state index is -0.201. The summed E-state index contributed by atoms with van der Waals surface area (Å²) >= 11 is 2.28. The number of carbonyl (C=O) groups is 1. The van der Waals surface area contributed by atoms with E-state index in [0.717, 1.165) is 35.8 Å². The fourth-order valence-corrected chi connectivity index (χ4v) is 2.25. The average molecular weight is 323 g/mol. The molecule has 0 saturated heterocycles. The number of carbonyl (C=O) groups excluding carboxylic acids is 1. The summed E-state index contributed by atoms with van der Waals surface area (Å²) in [6, 6.07) is -0.201. The van der Waals surface area contributed by atoms with E-state index < -0.39 is 0 Å². The molecule has 1 aliphatic heterocycles. The number of hydrogen-bond donors (Lipinski definition) is 1. The molecule has 1 unspecified atom stereocenters. The van der Waals surface area contributed by atoms with E-state index in [1.54, 1.807) is 0 Å². The van der Waals surface area contributed by atoms with Crippen LogP contribution in [-0.4, -0.2) is 29.6 Å². The van der Waals surface area contributed by atoms with Gasteiger partial charge in [0, 0.05) is 4.43 Å². The van der Waals surface area contributed by atoms with Gasteiger partial charge in [-0.05, 0) is 25.0 Å². The largest absolute Gasteiger partial charge is 0.464 e. The molecule has 86 valence electrons. The van der Waals surface area contributed by atoms with Crippen molar-refractivity contribution in [1.29, 1.82) is 0 Å². The van der Waals surface area contributed by atoms with Crippen LogP contribution in [0.4, 0.5) is 0 Å². The third kappa shape index (κ3) is 4.10. The highest BCUT2D eigenvalue weighted by Crippen LogP contribution is 2.13. The van der Waals surface area contributed by atoms with E-state index in [1.807, 2.05) is 0 Å². The zero-order valence-electron chi connectivity index (χ0n) is 9.09. The number of rotatable bonds is 5. The van der Waals surface area contributed by atoms with Crippen LogP contribution in [0.15, 0.2) is 11.6 Å². The second-order valence-electron chi connectivity index (χ2n) is 3.61. The van der Waals surface area contributed by atoms with Crippen molar-refractivity contribution in [3.05, 3.63) is 11.6 Å². The van der Waals surface area contributed by atoms with E-state index in [-0.39, 0.29) is 12.0 Å². The summed E-state index contributed by atoms with van der Waals surface area (Å²) in [6.07, 6.45) is 5.16. The first-order valence-corrected chi connectivity index (χ1v) is 6.97. The van der Waals surface area contributed by atoms with E-state index in [1.165, 1.54) is 0 Å². The molecule has 1 heterocycles. The number of ether oxygens (including phenoxy) is 1. The molecule has 0 bridgehead atoms. The summed E-state index contributed by atoms with van der Waals surface area (Å²) in [5.74, 6) is -0.119. The molecule has 4 heteroatoms. The molecule has 0 aromatic carbocycles. The Kier molecular flexibility index (Phi) is 6.24. The number of nitrogens with one attached hydrogen (secondary N) is 1. The molecule has 0 aromatic heterocycles. The van der Waals surface area contributed by atoms with Crippen LogP contribution in [0, 0.1) is 0 Å². The topological polar surface area (TPSA) is 38.3 Å². The minimum absolute atomic E-state index is 0.119. The molecule has 3 nitrogen and oxygen atoms in total. The molecule has 1 rings (SSSR count). The van der Waals surface area contributed by atoms with Gasteiger partial charge < -0.3 is 10.1 Å². The lowest BCUT2D eigenvalue weighted by Gasteiger charge is -2.23. The normalized spacial score (nSPS) is 20.9. The first-order chi connectivity index (χ1) is 7.29. The number of esters is 1. The first kappa shape index (κ1) is 13.0. The van der Waals surface area contributed by atoms with Gasteiger partial charge in [0.1, 0.15) is 6.04 Å². The number of alkyl halides is 1. The van der Waals surface area contributed by atoms with Crippen molar-refractivity contribution in [2.24, 2.45) is 0 Å². The van der Waals surface area contributed by atoms with Gasteiger partial charge in [0.2, 0.25) is 0 Å². The molecule has 0 spiro atoms. The smallest absolute Gasteiger partial charge is 0.327 e. The molecule has 15 heavy (non-hydrogen) atoms. The lowest BCUT2D eigenvalue weighted by molar-refractivity contribution is -0.145. The van der Waals surface area contributed by atoms with Crippen molar-refractivity contribution >= 4 is 28.6 Å². The molecule has 0 radical (unpaired) electrons. The Balaban J connectivity index is 2.43. The summed E-state index contributed by atoms with van der Waals surface area (Å²) in [7, 11) is 0. The van der Waals surface area contributed by atoms with Gasteiger partial charge in [0.25, 0.3) is 0 Å². The van der Waals surface area contributed by atoms with Crippen molar-refractivity contribution in [2.75, 3.05) is 17.6 Å². The van der Waals surface area contributed by atoms with Crippen molar-refractivity contribution < 1.29 is 9.53 Å². The summed E-state index contributed by atoms with van der Waals surface area (Å²) in [4.78, 5) is 11.7. The number of unbranched alkanes of at least 4 members (excludes halogenated alkanes) is 1. The average Bonchev–Trinajstić information content (AvgIpc) is 2.29. The van der Waals surface area contributed by atoms with Crippen LogP contribution in [0.25, 0.3) is 0 Å². The summed E-state index contributed by atoms with van der Waals surface area (Å²) in [6.45, 7) is 3.50. The molecular weight excluding hydrogens is 305 g/mol. The Bertz CT molecular complexity index is 241. The quantitative estimate of drug-likeness (QED) is 0.277. The Labute approximate surface area is 105 Å². The standard InChI is InChI=1S/C11H18INO2/c1-2-3-7-15-11(14)10-9(8-12)5-4-6-13-10/h5,10,13H,2-4,6-8H2,1H3. The third-order valence-corrected chi connectivity index (χ3v) is 3.28. The lowest BCUT2D eigenvalue weighted by Crippen LogP contribution is -2.42. The van der Waals surface area contributed by atoms with Crippen molar-refractivity contribution in [3.63, 3.8) is 0 Å². The van der Waals surface area contributed by atoms with E-state index in [2.05, 4.69) is 40.9 Å². The van der Waals surface area contributed by atoms with Crippen LogP contribution in [0.3, 0.4) is 0 Å². The highest BCUT2D eigenvalue weighted by molar-refractivity contribution is 14.1. The maximum absolute atomic E-state index is 11.7. The second-order valence-corrected chi connectivity index (χ2v) is 4.37. The summed E-state index contributed by atoms with van der Waals surface area (Å²) in [5, 5.41) is 3.20. The van der Waals surface area contributed by atoms with E-state index in [0.29, 0.717) is 6.61 Å². The minimum Gasteiger partial charge on any atom is -0.464 e. The van der Waals surface area contributed by atoms with Gasteiger partial charge in [0.05, 0.1) is 6.61 Å². The fraction of sp³-hybridized carbons (Fsp3) is 0.727. The van der Waals surface area contributed by atoms with Crippen molar-refractivity contribution in [2.45, 2.75) is 32.2 Å². The molecule has 1 aliphatic rings. The van der Waals surface area contributed by atoms with Crippen LogP contribution in [0.2, 0.25) is 0 Å². The molecule has 0 amide bonds. The maximum Gasteiger partial charge on any atom is 0.327 e. The number of hydrogen-bond acceptors (Lipinski definition) is 3. The SMILES string of the molecule is CCCCOC(=O)C1NCCC=C1CI. The van der Waals surface area contributed by atoms with E-state index >= 15 is 0 Å². The van der Waals surface area contributed by atoms with Gasteiger partial charge in [-0.25, -0.2) is 4.79 Å². The van der Waals surface area contributed by atoms with Crippen LogP contribution in [-0.2, 0) is 9.53 Å². The molecule has 0 fully saturated rings. The number of halogens is 1. The monoisotopic (exact) mass is 323 g/mol. The Morgan fingerprint density at radius 2 is 2.53 bits per heavy atom. The molecule has 1 N–H and O–H groups in total. The predicted octanol–water partition coefficient (Wildman–Crippen LogP) is 2.05. The molecular formula is C11H18INO2. The van der Waals surface area contributed by atoms with E-state index in [9.17, 15) is 4.79 Å². The van der Waals surface area contributed by atoms with Gasteiger partial charge in [-0.1, -0.05) is 42.0 Å². The van der Waals surface area contributed by atoms with Crippen LogP contribution < -0.4 is 5.32 Å². The van der Waals surface area contributed by atoms with Gasteiger partial charge in [-0.3, -0.25) is 0 Å². The van der Waals surface area contributed by atoms with Gasteiger partial charge in [-0.2, -0.15) is 0 Å². The zero-order valence-corrected chi connectivity index (χ0v) is 11.2. The van der Waals surface area contributed by atoms with Gasteiger partial charge >= 0.3 is 5.97 Å². The zero-order chi connectivity index (χ0) is 11.1. The summed E-state index contributed by atoms with van der Waals surface area (Å²) < 4.78 is 6.10. The Morgan fingerprint density at radius 3 is 3.20 bits per heavy atom. The second kappa shape index (κ2) is 7.22. The highest BCUT2D eigenvalue weighted by atomic mass is 127. The molecule has 0 aromatic rings. The first-order valence-electron chi connectivity index (χ1n) is 5.44. The summed E-state index contributed by atoms with van der Waals surface area (Å²) in [5.41, 5.74) is 1.16. The van der Waals surface area contributed by atoms with E-state index in [4.69, 9.17) is 4.74 Å². The van der Waals surface area contributed by atoms with Crippen molar-refractivity contribution in [3.8, 4) is 0 Å². The van der Waals surface area contributed by atoms with Gasteiger partial charge in [-0.15, -0.1) is 0 Å². The maximum atomic E-state index is 11.7. The van der Waals surface area contributed by atoms with Crippen molar-refractivity contribution in [1.82, 2.24) is 5.32 Å². The predicted molar refractivity (Wildman–Crippen MR) is 69.2 cm³/mol. The highest BCUT2D eigenvalue weighted by Gasteiger charge is 2.24. The fourth-order valence-electron chi connectivity index (χ4n) is 1.50. The lowest BCUT2D eigenvalue weighted by atomic mass is 10.0. The Morgan fingerprint density at radius 1 is 1.73 bits per heavy atom. The Hall–Kier alpha value is -0.100. The molecule has 0 saturated carbocycles. The third-order valence-electron chi connectivity index (χ3n) is 2.40. The van der Waals surface area contributed by atoms with Crippen LogP contribution in [0.1, 0.15) is 26.2 Å². The van der Waals surface area contributed by atoms with Crippen LogP contribution in [0.5, 0.6) is 0 Å². The van der Waals surface area contributed by atoms with Gasteiger partial charge in [0.15, 0.2) is 0 Å².